The Balaban J connectivity index is 1.49. The minimum Gasteiger partial charge on any atom is -0.497 e. The average Bonchev–Trinajstić information content (AvgIpc) is 3.49. The predicted molar refractivity (Wildman–Crippen MR) is 126 cm³/mol. The van der Waals surface area contributed by atoms with E-state index in [4.69, 9.17) is 23.4 Å². The van der Waals surface area contributed by atoms with Crippen LogP contribution < -0.4 is 15.2 Å². The quantitative estimate of drug-likeness (QED) is 0.298. The van der Waals surface area contributed by atoms with E-state index in [0.717, 1.165) is 22.4 Å². The van der Waals surface area contributed by atoms with Crippen LogP contribution >= 0.6 is 0 Å². The maximum atomic E-state index is 11.2. The summed E-state index contributed by atoms with van der Waals surface area (Å²) in [5, 5.41) is 3.73. The van der Waals surface area contributed by atoms with Gasteiger partial charge in [0.2, 0.25) is 5.89 Å². The summed E-state index contributed by atoms with van der Waals surface area (Å²) in [5.74, 6) is 2.17. The van der Waals surface area contributed by atoms with Gasteiger partial charge in [-0.2, -0.15) is 0 Å². The molecule has 2 heterocycles. The van der Waals surface area contributed by atoms with Crippen molar-refractivity contribution in [3.05, 3.63) is 70.0 Å². The van der Waals surface area contributed by atoms with E-state index >= 15 is 0 Å². The van der Waals surface area contributed by atoms with Crippen molar-refractivity contribution in [3.63, 3.8) is 0 Å². The first-order valence-electron chi connectivity index (χ1n) is 11.2. The highest BCUT2D eigenvalue weighted by Gasteiger charge is 2.17. The first-order chi connectivity index (χ1) is 17.1. The van der Waals surface area contributed by atoms with E-state index in [0.29, 0.717) is 48.7 Å². The smallest absolute Gasteiger partial charge is 0.439 e. The van der Waals surface area contributed by atoms with E-state index in [1.54, 1.807) is 19.2 Å². The number of hydrogen-bond donors (Lipinski definition) is 1. The van der Waals surface area contributed by atoms with Crippen molar-refractivity contribution in [2.75, 3.05) is 26.9 Å². The molecule has 0 bridgehead atoms. The lowest BCUT2D eigenvalue weighted by Gasteiger charge is -2.09. The molecule has 2 aromatic heterocycles. The molecule has 4 rings (SSSR count). The van der Waals surface area contributed by atoms with Crippen LogP contribution in [0.4, 0.5) is 0 Å². The summed E-state index contributed by atoms with van der Waals surface area (Å²) >= 11 is 0. The van der Waals surface area contributed by atoms with Gasteiger partial charge in [0.05, 0.1) is 26.9 Å². The first-order valence-corrected chi connectivity index (χ1v) is 11.2. The van der Waals surface area contributed by atoms with Crippen molar-refractivity contribution in [2.45, 2.75) is 27.1 Å². The first kappa shape index (κ1) is 24.2. The number of methoxy groups -OCH3 is 1. The normalized spacial score (nSPS) is 11.1. The monoisotopic (exact) mass is 481 g/mol. The fourth-order valence-electron chi connectivity index (χ4n) is 3.38. The second-order valence-corrected chi connectivity index (χ2v) is 7.58. The molecule has 35 heavy (non-hydrogen) atoms. The third kappa shape index (κ3) is 6.17. The Morgan fingerprint density at radius 3 is 2.46 bits per heavy atom. The lowest BCUT2D eigenvalue weighted by molar-refractivity contribution is 0.0434. The second kappa shape index (κ2) is 11.5. The number of nitrogens with zero attached hydrogens (tertiary/aromatic N) is 2. The van der Waals surface area contributed by atoms with Gasteiger partial charge in [0.15, 0.2) is 11.6 Å². The number of aromatic nitrogens is 3. The number of rotatable bonds is 12. The number of benzene rings is 2. The highest BCUT2D eigenvalue weighted by molar-refractivity contribution is 5.60. The minimum absolute atomic E-state index is 0.160. The molecule has 0 unspecified atom stereocenters. The van der Waals surface area contributed by atoms with Crippen LogP contribution in [0.15, 0.2) is 56.2 Å². The summed E-state index contributed by atoms with van der Waals surface area (Å²) in [5.41, 5.74) is 3.08. The van der Waals surface area contributed by atoms with Gasteiger partial charge in [-0.25, -0.2) is 9.78 Å². The zero-order valence-corrected chi connectivity index (χ0v) is 19.8. The molecule has 0 fully saturated rings. The van der Waals surface area contributed by atoms with Gasteiger partial charge in [-0.1, -0.05) is 5.16 Å². The number of ether oxygens (including phenoxy) is 4. The Hall–Kier alpha value is -3.89. The molecule has 4 aromatic rings. The maximum absolute atomic E-state index is 11.2. The number of aryl methyl sites for hydroxylation is 1. The molecule has 0 saturated carbocycles. The van der Waals surface area contributed by atoms with Gasteiger partial charge >= 0.3 is 5.76 Å². The van der Waals surface area contributed by atoms with Gasteiger partial charge in [-0.3, -0.25) is 9.51 Å². The van der Waals surface area contributed by atoms with E-state index in [1.807, 2.05) is 44.2 Å². The van der Waals surface area contributed by atoms with E-state index in [1.165, 1.54) is 0 Å². The third-order valence-corrected chi connectivity index (χ3v) is 5.19. The Labute approximate surface area is 201 Å². The molecule has 10 nitrogen and oxygen atoms in total. The van der Waals surface area contributed by atoms with E-state index in [9.17, 15) is 4.79 Å². The number of hydrogen-bond acceptors (Lipinski definition) is 9. The Bertz CT molecular complexity index is 1290. The number of H-pyrrole nitrogens is 1. The van der Waals surface area contributed by atoms with Crippen LogP contribution in [0.2, 0.25) is 0 Å². The van der Waals surface area contributed by atoms with Crippen molar-refractivity contribution >= 4 is 0 Å². The van der Waals surface area contributed by atoms with Gasteiger partial charge in [0.25, 0.3) is 0 Å². The molecule has 0 aliphatic heterocycles. The zero-order valence-electron chi connectivity index (χ0n) is 19.8. The van der Waals surface area contributed by atoms with Crippen molar-refractivity contribution in [3.8, 4) is 34.3 Å². The average molecular weight is 482 g/mol. The van der Waals surface area contributed by atoms with Crippen molar-refractivity contribution in [2.24, 2.45) is 0 Å². The lowest BCUT2D eigenvalue weighted by Crippen LogP contribution is -2.06. The van der Waals surface area contributed by atoms with Gasteiger partial charge in [-0.05, 0) is 61.9 Å². The zero-order chi connectivity index (χ0) is 24.6. The summed E-state index contributed by atoms with van der Waals surface area (Å²) in [6.07, 6.45) is 0. The van der Waals surface area contributed by atoms with Gasteiger partial charge in [0.1, 0.15) is 23.8 Å². The number of oxazole rings is 1. The molecule has 1 N–H and O–H groups in total. The summed E-state index contributed by atoms with van der Waals surface area (Å²) < 4.78 is 32.9. The van der Waals surface area contributed by atoms with E-state index in [2.05, 4.69) is 19.6 Å². The standard InChI is InChI=1S/C25H27N3O7/c1-4-31-11-12-32-14-21-22(34-24(26-21)17-5-7-18(30-3)8-6-17)15-33-19-9-10-20(16(2)13-19)23-27-25(29)35-28-23/h5-10,13H,4,11-12,14-15H2,1-3H3,(H,27,28,29). The van der Waals surface area contributed by atoms with Crippen LogP contribution in [-0.2, 0) is 22.7 Å². The van der Waals surface area contributed by atoms with E-state index < -0.39 is 5.76 Å². The number of aromatic amines is 1. The van der Waals surface area contributed by atoms with Crippen LogP contribution in [0.3, 0.4) is 0 Å². The van der Waals surface area contributed by atoms with Gasteiger partial charge in [0, 0.05) is 17.7 Å². The molecule has 0 aliphatic rings. The molecule has 0 aliphatic carbocycles. The van der Waals surface area contributed by atoms with Crippen molar-refractivity contribution in [1.29, 1.82) is 0 Å². The fourth-order valence-corrected chi connectivity index (χ4v) is 3.38. The SMILES string of the molecule is CCOCCOCc1nc(-c2ccc(OC)cc2)oc1COc1ccc(-c2noc(=O)[nH]2)c(C)c1. The molecule has 0 spiro atoms. The highest BCUT2D eigenvalue weighted by Crippen LogP contribution is 2.27. The molecular formula is C25H27N3O7. The summed E-state index contributed by atoms with van der Waals surface area (Å²) in [4.78, 5) is 18.4. The van der Waals surface area contributed by atoms with Crippen LogP contribution in [0.5, 0.6) is 11.5 Å². The Morgan fingerprint density at radius 1 is 1.00 bits per heavy atom. The number of nitrogens with one attached hydrogen (secondary N) is 1. The molecular weight excluding hydrogens is 454 g/mol. The predicted octanol–water partition coefficient (Wildman–Crippen LogP) is 4.13. The molecule has 0 saturated heterocycles. The molecule has 2 aromatic carbocycles. The van der Waals surface area contributed by atoms with Crippen LogP contribution in [-0.4, -0.2) is 42.1 Å². The van der Waals surface area contributed by atoms with Gasteiger partial charge < -0.3 is 23.4 Å². The van der Waals surface area contributed by atoms with Crippen molar-refractivity contribution in [1.82, 2.24) is 15.1 Å². The summed E-state index contributed by atoms with van der Waals surface area (Å²) in [7, 11) is 1.62. The molecule has 10 heteroatoms. The lowest BCUT2D eigenvalue weighted by atomic mass is 10.1. The summed E-state index contributed by atoms with van der Waals surface area (Å²) in [6, 6.07) is 12.9. The summed E-state index contributed by atoms with van der Waals surface area (Å²) in [6.45, 7) is 5.85. The maximum Gasteiger partial charge on any atom is 0.439 e. The van der Waals surface area contributed by atoms with Crippen LogP contribution in [0.1, 0.15) is 23.9 Å². The fraction of sp³-hybridized carbons (Fsp3) is 0.320. The Morgan fingerprint density at radius 2 is 1.77 bits per heavy atom. The molecule has 184 valence electrons. The largest absolute Gasteiger partial charge is 0.497 e. The Kier molecular flexibility index (Phi) is 7.96. The van der Waals surface area contributed by atoms with Crippen LogP contribution in [0.25, 0.3) is 22.8 Å². The molecule has 0 atom stereocenters. The van der Waals surface area contributed by atoms with Crippen molar-refractivity contribution < 1.29 is 27.9 Å². The topological polar surface area (TPSA) is 122 Å². The third-order valence-electron chi connectivity index (χ3n) is 5.19. The second-order valence-electron chi connectivity index (χ2n) is 7.58. The van der Waals surface area contributed by atoms with E-state index in [-0.39, 0.29) is 13.2 Å². The highest BCUT2D eigenvalue weighted by atomic mass is 16.5. The molecule has 0 radical (unpaired) electrons. The molecule has 0 amide bonds. The van der Waals surface area contributed by atoms with Crippen LogP contribution in [0, 0.1) is 6.92 Å². The minimum atomic E-state index is -0.603. The van der Waals surface area contributed by atoms with Gasteiger partial charge in [-0.15, -0.1) is 0 Å².